The van der Waals surface area contributed by atoms with Crippen molar-refractivity contribution in [1.82, 2.24) is 0 Å². The van der Waals surface area contributed by atoms with Gasteiger partial charge in [-0.2, -0.15) is 13.2 Å². The van der Waals surface area contributed by atoms with Crippen LogP contribution in [0.4, 0.5) is 22.0 Å². The number of hydrogen-bond acceptors (Lipinski definition) is 1. The Balaban J connectivity index is 2.54. The molecule has 1 nitrogen and oxygen atoms in total. The van der Waals surface area contributed by atoms with Crippen molar-refractivity contribution in [2.75, 3.05) is 0 Å². The van der Waals surface area contributed by atoms with Gasteiger partial charge in [0.2, 0.25) is 0 Å². The van der Waals surface area contributed by atoms with Gasteiger partial charge in [-0.05, 0) is 47.9 Å². The van der Waals surface area contributed by atoms with Gasteiger partial charge in [-0.3, -0.25) is 0 Å². The van der Waals surface area contributed by atoms with Crippen LogP contribution in [0.5, 0.6) is 0 Å². The monoisotopic (exact) mass is 301 g/mol. The van der Waals surface area contributed by atoms with Crippen LogP contribution in [0.3, 0.4) is 0 Å². The van der Waals surface area contributed by atoms with Gasteiger partial charge < -0.3 is 5.73 Å². The lowest BCUT2D eigenvalue weighted by Crippen LogP contribution is -2.19. The van der Waals surface area contributed by atoms with Crippen LogP contribution in [0.2, 0.25) is 0 Å². The Morgan fingerprint density at radius 2 is 1.67 bits per heavy atom. The molecule has 0 aliphatic carbocycles. The second-order valence-corrected chi connectivity index (χ2v) is 4.72. The molecule has 0 saturated carbocycles. The Kier molecular flexibility index (Phi) is 4.00. The van der Waals surface area contributed by atoms with Crippen molar-refractivity contribution < 1.29 is 22.0 Å². The summed E-state index contributed by atoms with van der Waals surface area (Å²) in [6, 6.07) is 4.71. The van der Waals surface area contributed by atoms with Gasteiger partial charge in [0.05, 0.1) is 11.6 Å². The smallest absolute Gasteiger partial charge is 0.320 e. The first-order chi connectivity index (χ1) is 9.70. The van der Waals surface area contributed by atoms with Gasteiger partial charge >= 0.3 is 6.18 Å². The van der Waals surface area contributed by atoms with E-state index in [4.69, 9.17) is 5.73 Å². The molecule has 21 heavy (non-hydrogen) atoms. The second-order valence-electron chi connectivity index (χ2n) is 4.72. The molecule has 1 unspecified atom stereocenters. The first kappa shape index (κ1) is 15.4. The van der Waals surface area contributed by atoms with Crippen LogP contribution in [-0.2, 0) is 6.18 Å². The molecule has 112 valence electrons. The number of hydrogen-bond donors (Lipinski definition) is 1. The summed E-state index contributed by atoms with van der Waals surface area (Å²) in [5.74, 6) is -1.41. The number of nitrogens with two attached hydrogens (primary N) is 1. The van der Waals surface area contributed by atoms with E-state index >= 15 is 0 Å². The molecular formula is C15H12F5N. The van der Waals surface area contributed by atoms with Crippen molar-refractivity contribution >= 4 is 0 Å². The van der Waals surface area contributed by atoms with E-state index in [9.17, 15) is 22.0 Å². The van der Waals surface area contributed by atoms with Gasteiger partial charge in [-0.25, -0.2) is 8.78 Å². The zero-order valence-electron chi connectivity index (χ0n) is 11.0. The average Bonchev–Trinajstić information content (AvgIpc) is 2.39. The molecule has 0 heterocycles. The van der Waals surface area contributed by atoms with E-state index in [-0.39, 0.29) is 5.56 Å². The van der Waals surface area contributed by atoms with E-state index in [2.05, 4.69) is 0 Å². The fourth-order valence-electron chi connectivity index (χ4n) is 2.03. The zero-order valence-corrected chi connectivity index (χ0v) is 11.0. The lowest BCUT2D eigenvalue weighted by Gasteiger charge is -2.19. The third-order valence-corrected chi connectivity index (χ3v) is 3.21. The first-order valence-corrected chi connectivity index (χ1v) is 6.08. The van der Waals surface area contributed by atoms with Gasteiger partial charge in [0.25, 0.3) is 0 Å². The molecule has 0 aliphatic heterocycles. The number of alkyl halides is 3. The fraction of sp³-hybridized carbons (Fsp3) is 0.200. The third kappa shape index (κ3) is 3.21. The number of aryl methyl sites for hydroxylation is 1. The van der Waals surface area contributed by atoms with E-state index in [0.717, 1.165) is 18.2 Å². The molecule has 6 heteroatoms. The molecule has 2 N–H and O–H groups in total. The molecule has 0 amide bonds. The maximum Gasteiger partial charge on any atom is 0.416 e. The predicted molar refractivity (Wildman–Crippen MR) is 68.6 cm³/mol. The number of benzene rings is 2. The Morgan fingerprint density at radius 1 is 1.00 bits per heavy atom. The highest BCUT2D eigenvalue weighted by Crippen LogP contribution is 2.36. The maximum atomic E-state index is 13.5. The summed E-state index contributed by atoms with van der Waals surface area (Å²) in [5, 5.41) is 0. The SMILES string of the molecule is Cc1ccc(C(N)c2cc(F)ccc2C(F)(F)F)cc1F. The van der Waals surface area contributed by atoms with Crippen LogP contribution in [0.25, 0.3) is 0 Å². The largest absolute Gasteiger partial charge is 0.416 e. The minimum absolute atomic E-state index is 0.147. The fourth-order valence-corrected chi connectivity index (χ4v) is 2.03. The Bertz CT molecular complexity index is 664. The van der Waals surface area contributed by atoms with Crippen LogP contribution in [0.1, 0.15) is 28.3 Å². The molecule has 0 aromatic heterocycles. The summed E-state index contributed by atoms with van der Waals surface area (Å²) in [7, 11) is 0. The van der Waals surface area contributed by atoms with Crippen molar-refractivity contribution in [2.24, 2.45) is 5.73 Å². The van der Waals surface area contributed by atoms with E-state index in [1.165, 1.54) is 19.1 Å². The highest BCUT2D eigenvalue weighted by molar-refractivity contribution is 5.40. The van der Waals surface area contributed by atoms with Crippen molar-refractivity contribution in [2.45, 2.75) is 19.1 Å². The van der Waals surface area contributed by atoms with Crippen LogP contribution in [0.15, 0.2) is 36.4 Å². The zero-order chi connectivity index (χ0) is 15.8. The van der Waals surface area contributed by atoms with Crippen molar-refractivity contribution in [1.29, 1.82) is 0 Å². The minimum Gasteiger partial charge on any atom is -0.320 e. The molecule has 0 aliphatic rings. The van der Waals surface area contributed by atoms with Crippen LogP contribution >= 0.6 is 0 Å². The minimum atomic E-state index is -4.66. The Labute approximate surface area is 118 Å². The topological polar surface area (TPSA) is 26.0 Å². The average molecular weight is 301 g/mol. The van der Waals surface area contributed by atoms with Crippen molar-refractivity contribution in [3.63, 3.8) is 0 Å². The summed E-state index contributed by atoms with van der Waals surface area (Å²) >= 11 is 0. The Morgan fingerprint density at radius 3 is 2.24 bits per heavy atom. The molecular weight excluding hydrogens is 289 g/mol. The molecule has 2 aromatic carbocycles. The molecule has 0 fully saturated rings. The lowest BCUT2D eigenvalue weighted by molar-refractivity contribution is -0.138. The van der Waals surface area contributed by atoms with E-state index in [1.807, 2.05) is 0 Å². The highest BCUT2D eigenvalue weighted by atomic mass is 19.4. The molecule has 1 atom stereocenters. The first-order valence-electron chi connectivity index (χ1n) is 6.08. The standard InChI is InChI=1S/C15H12F5N/c1-8-2-3-9(6-13(8)17)14(21)11-7-10(16)4-5-12(11)15(18,19)20/h2-7,14H,21H2,1H3. The van der Waals surface area contributed by atoms with Gasteiger partial charge in [-0.15, -0.1) is 0 Å². The highest BCUT2D eigenvalue weighted by Gasteiger charge is 2.35. The maximum absolute atomic E-state index is 13.5. The van der Waals surface area contributed by atoms with E-state index in [0.29, 0.717) is 11.6 Å². The lowest BCUT2D eigenvalue weighted by atomic mass is 9.94. The Hall–Kier alpha value is -1.95. The summed E-state index contributed by atoms with van der Waals surface area (Å²) in [4.78, 5) is 0. The second kappa shape index (κ2) is 5.44. The summed E-state index contributed by atoms with van der Waals surface area (Å²) in [6.07, 6.45) is -4.66. The molecule has 2 aromatic rings. The summed E-state index contributed by atoms with van der Waals surface area (Å²) in [5.41, 5.74) is 4.81. The molecule has 0 spiro atoms. The van der Waals surface area contributed by atoms with E-state index in [1.54, 1.807) is 0 Å². The summed E-state index contributed by atoms with van der Waals surface area (Å²) < 4.78 is 65.6. The summed E-state index contributed by atoms with van der Waals surface area (Å²) in [6.45, 7) is 1.52. The molecule has 0 radical (unpaired) electrons. The third-order valence-electron chi connectivity index (χ3n) is 3.21. The van der Waals surface area contributed by atoms with Gasteiger partial charge in [0, 0.05) is 0 Å². The number of rotatable bonds is 2. The van der Waals surface area contributed by atoms with Crippen LogP contribution in [0, 0.1) is 18.6 Å². The van der Waals surface area contributed by atoms with Crippen LogP contribution < -0.4 is 5.73 Å². The van der Waals surface area contributed by atoms with Crippen molar-refractivity contribution in [3.05, 3.63) is 70.3 Å². The molecule has 0 bridgehead atoms. The predicted octanol–water partition coefficient (Wildman–Crippen LogP) is 4.34. The van der Waals surface area contributed by atoms with Gasteiger partial charge in [0.1, 0.15) is 11.6 Å². The van der Waals surface area contributed by atoms with Gasteiger partial charge in [0.15, 0.2) is 0 Å². The van der Waals surface area contributed by atoms with E-state index < -0.39 is 35.0 Å². The normalized spacial score (nSPS) is 13.3. The number of halogens is 5. The van der Waals surface area contributed by atoms with Crippen molar-refractivity contribution in [3.8, 4) is 0 Å². The van der Waals surface area contributed by atoms with Gasteiger partial charge in [-0.1, -0.05) is 12.1 Å². The molecule has 0 saturated heterocycles. The van der Waals surface area contributed by atoms with Crippen LogP contribution in [-0.4, -0.2) is 0 Å². The quantitative estimate of drug-likeness (QED) is 0.820. The molecule has 2 rings (SSSR count).